The summed E-state index contributed by atoms with van der Waals surface area (Å²) in [4.78, 5) is 0. The fourth-order valence-corrected chi connectivity index (χ4v) is 4.79. The van der Waals surface area contributed by atoms with E-state index in [1.807, 2.05) is 0 Å². The fourth-order valence-electron chi connectivity index (χ4n) is 4.79. The Labute approximate surface area is 112 Å². The fraction of sp³-hybridized carbons (Fsp3) is 1.00. The van der Waals surface area contributed by atoms with Gasteiger partial charge in [0, 0.05) is 12.0 Å². The molecule has 0 amide bonds. The SMILES string of the molecule is CC1CC(C)CC(O)(C2(CN)CCCCCC2)C1. The Balaban J connectivity index is 2.23. The van der Waals surface area contributed by atoms with E-state index in [1.54, 1.807) is 0 Å². The molecule has 2 rings (SSSR count). The monoisotopic (exact) mass is 253 g/mol. The quantitative estimate of drug-likeness (QED) is 0.740. The smallest absolute Gasteiger partial charge is 0.0720 e. The molecule has 2 aliphatic carbocycles. The molecule has 0 radical (unpaired) electrons. The van der Waals surface area contributed by atoms with Crippen LogP contribution in [0.3, 0.4) is 0 Å². The van der Waals surface area contributed by atoms with Crippen LogP contribution in [0.1, 0.15) is 71.6 Å². The van der Waals surface area contributed by atoms with Gasteiger partial charge in [-0.1, -0.05) is 39.5 Å². The molecule has 18 heavy (non-hydrogen) atoms. The third-order valence-electron chi connectivity index (χ3n) is 5.62. The van der Waals surface area contributed by atoms with Gasteiger partial charge in [0.1, 0.15) is 0 Å². The van der Waals surface area contributed by atoms with E-state index in [1.165, 1.54) is 32.1 Å². The molecule has 0 aromatic carbocycles. The van der Waals surface area contributed by atoms with E-state index < -0.39 is 5.60 Å². The van der Waals surface area contributed by atoms with Crippen LogP contribution in [0.2, 0.25) is 0 Å². The zero-order valence-electron chi connectivity index (χ0n) is 12.3. The van der Waals surface area contributed by atoms with Crippen molar-refractivity contribution in [1.82, 2.24) is 0 Å². The number of hydrogen-bond donors (Lipinski definition) is 2. The molecule has 2 nitrogen and oxygen atoms in total. The van der Waals surface area contributed by atoms with Gasteiger partial charge < -0.3 is 10.8 Å². The summed E-state index contributed by atoms with van der Waals surface area (Å²) in [5.41, 5.74) is 5.66. The summed E-state index contributed by atoms with van der Waals surface area (Å²) in [6, 6.07) is 0. The van der Waals surface area contributed by atoms with Gasteiger partial charge in [-0.3, -0.25) is 0 Å². The summed E-state index contributed by atoms with van der Waals surface area (Å²) in [6.45, 7) is 5.26. The van der Waals surface area contributed by atoms with Crippen molar-refractivity contribution in [2.45, 2.75) is 77.2 Å². The summed E-state index contributed by atoms with van der Waals surface area (Å²) in [5.74, 6) is 1.29. The van der Waals surface area contributed by atoms with Gasteiger partial charge in [0.2, 0.25) is 0 Å². The summed E-state index contributed by atoms with van der Waals surface area (Å²) in [6.07, 6.45) is 10.6. The predicted octanol–water partition coefficient (Wildman–Crippen LogP) is 3.47. The molecule has 2 aliphatic rings. The molecule has 2 fully saturated rings. The van der Waals surface area contributed by atoms with Crippen molar-refractivity contribution in [2.75, 3.05) is 6.54 Å². The molecular weight excluding hydrogens is 222 g/mol. The largest absolute Gasteiger partial charge is 0.389 e. The van der Waals surface area contributed by atoms with Gasteiger partial charge in [0.05, 0.1) is 5.60 Å². The Bertz CT molecular complexity index is 258. The molecule has 3 N–H and O–H groups in total. The lowest BCUT2D eigenvalue weighted by molar-refractivity contribution is -0.134. The van der Waals surface area contributed by atoms with Crippen molar-refractivity contribution in [1.29, 1.82) is 0 Å². The highest BCUT2D eigenvalue weighted by Gasteiger charge is 2.51. The van der Waals surface area contributed by atoms with Crippen LogP contribution in [-0.4, -0.2) is 17.3 Å². The van der Waals surface area contributed by atoms with Gasteiger partial charge in [-0.15, -0.1) is 0 Å². The molecule has 2 heteroatoms. The molecule has 0 saturated heterocycles. The maximum absolute atomic E-state index is 11.3. The zero-order chi connectivity index (χ0) is 13.2. The minimum absolute atomic E-state index is 0.00639. The highest BCUT2D eigenvalue weighted by molar-refractivity contribution is 5.03. The van der Waals surface area contributed by atoms with Gasteiger partial charge in [-0.25, -0.2) is 0 Å². The van der Waals surface area contributed by atoms with Crippen molar-refractivity contribution in [3.8, 4) is 0 Å². The highest BCUT2D eigenvalue weighted by atomic mass is 16.3. The predicted molar refractivity (Wildman–Crippen MR) is 76.3 cm³/mol. The third kappa shape index (κ3) is 2.60. The average molecular weight is 253 g/mol. The molecule has 106 valence electrons. The number of rotatable bonds is 2. The summed E-state index contributed by atoms with van der Waals surface area (Å²) >= 11 is 0. The average Bonchev–Trinajstić information content (AvgIpc) is 2.53. The first-order chi connectivity index (χ1) is 8.51. The second kappa shape index (κ2) is 5.50. The first-order valence-electron chi connectivity index (χ1n) is 7.94. The van der Waals surface area contributed by atoms with Crippen molar-refractivity contribution in [3.63, 3.8) is 0 Å². The molecule has 2 atom stereocenters. The number of aliphatic hydroxyl groups is 1. The Morgan fingerprint density at radius 3 is 1.94 bits per heavy atom. The molecule has 0 aromatic rings. The van der Waals surface area contributed by atoms with Crippen LogP contribution in [-0.2, 0) is 0 Å². The lowest BCUT2D eigenvalue weighted by Gasteiger charge is -2.52. The lowest BCUT2D eigenvalue weighted by atomic mass is 9.58. The molecule has 0 heterocycles. The molecule has 0 aliphatic heterocycles. The molecule has 2 unspecified atom stereocenters. The van der Waals surface area contributed by atoms with E-state index in [9.17, 15) is 5.11 Å². The van der Waals surface area contributed by atoms with Gasteiger partial charge in [-0.05, 0) is 43.9 Å². The molecule has 2 saturated carbocycles. The molecule has 0 bridgehead atoms. The standard InChI is InChI=1S/C16H31NO/c1-13-9-14(2)11-16(18,10-13)15(12-17)7-5-3-4-6-8-15/h13-14,18H,3-12,17H2,1-2H3. The molecule has 0 spiro atoms. The third-order valence-corrected chi connectivity index (χ3v) is 5.62. The molecular formula is C16H31NO. The summed E-state index contributed by atoms with van der Waals surface area (Å²) in [7, 11) is 0. The molecule has 0 aromatic heterocycles. The Morgan fingerprint density at radius 1 is 1.00 bits per heavy atom. The van der Waals surface area contributed by atoms with Crippen molar-refractivity contribution >= 4 is 0 Å². The van der Waals surface area contributed by atoms with Crippen LogP contribution in [0.25, 0.3) is 0 Å². The minimum atomic E-state index is -0.497. The maximum Gasteiger partial charge on any atom is 0.0720 e. The Hall–Kier alpha value is -0.0800. The van der Waals surface area contributed by atoms with Crippen molar-refractivity contribution < 1.29 is 5.11 Å². The van der Waals surface area contributed by atoms with E-state index >= 15 is 0 Å². The summed E-state index contributed by atoms with van der Waals surface area (Å²) < 4.78 is 0. The van der Waals surface area contributed by atoms with Crippen molar-refractivity contribution in [3.05, 3.63) is 0 Å². The van der Waals surface area contributed by atoms with Crippen LogP contribution in [0, 0.1) is 17.3 Å². The van der Waals surface area contributed by atoms with Gasteiger partial charge in [0.25, 0.3) is 0 Å². The number of nitrogens with two attached hydrogens (primary N) is 1. The minimum Gasteiger partial charge on any atom is -0.389 e. The van der Waals surface area contributed by atoms with E-state index in [0.29, 0.717) is 18.4 Å². The first-order valence-corrected chi connectivity index (χ1v) is 7.94. The zero-order valence-corrected chi connectivity index (χ0v) is 12.3. The van der Waals surface area contributed by atoms with Crippen LogP contribution in [0.4, 0.5) is 0 Å². The van der Waals surface area contributed by atoms with Crippen molar-refractivity contribution in [2.24, 2.45) is 23.0 Å². The van der Waals surface area contributed by atoms with E-state index in [-0.39, 0.29) is 5.41 Å². The lowest BCUT2D eigenvalue weighted by Crippen LogP contribution is -2.55. The second-order valence-electron chi connectivity index (χ2n) is 7.28. The van der Waals surface area contributed by atoms with E-state index in [4.69, 9.17) is 5.73 Å². The van der Waals surface area contributed by atoms with Crippen LogP contribution in [0.15, 0.2) is 0 Å². The maximum atomic E-state index is 11.3. The van der Waals surface area contributed by atoms with Crippen LogP contribution < -0.4 is 5.73 Å². The van der Waals surface area contributed by atoms with Gasteiger partial charge >= 0.3 is 0 Å². The topological polar surface area (TPSA) is 46.2 Å². The normalized spacial score (nSPS) is 41.3. The highest BCUT2D eigenvalue weighted by Crippen LogP contribution is 2.51. The van der Waals surface area contributed by atoms with E-state index in [0.717, 1.165) is 25.7 Å². The number of hydrogen-bond acceptors (Lipinski definition) is 2. The van der Waals surface area contributed by atoms with Crippen LogP contribution in [0.5, 0.6) is 0 Å². The second-order valence-corrected chi connectivity index (χ2v) is 7.28. The Morgan fingerprint density at radius 2 is 1.50 bits per heavy atom. The first kappa shape index (κ1) is 14.3. The van der Waals surface area contributed by atoms with Gasteiger partial charge in [-0.2, -0.15) is 0 Å². The Kier molecular flexibility index (Phi) is 4.38. The van der Waals surface area contributed by atoms with Gasteiger partial charge in [0.15, 0.2) is 0 Å². The summed E-state index contributed by atoms with van der Waals surface area (Å²) in [5, 5.41) is 11.3. The van der Waals surface area contributed by atoms with Crippen LogP contribution >= 0.6 is 0 Å². The van der Waals surface area contributed by atoms with E-state index in [2.05, 4.69) is 13.8 Å².